The maximum atomic E-state index is 12.9. The molecule has 2 N–H and O–H groups in total. The van der Waals surface area contributed by atoms with E-state index in [1.807, 2.05) is 36.4 Å². The number of hydrazone groups is 1. The first-order valence-electron chi connectivity index (χ1n) is 10.9. The average Bonchev–Trinajstić information content (AvgIpc) is 3.29. The summed E-state index contributed by atoms with van der Waals surface area (Å²) in [4.78, 5) is 25.5. The predicted molar refractivity (Wildman–Crippen MR) is 134 cm³/mol. The van der Waals surface area contributed by atoms with Crippen LogP contribution in [0, 0.1) is 6.92 Å². The number of hydrogen-bond acceptors (Lipinski definition) is 6. The molecule has 0 aliphatic heterocycles. The highest BCUT2D eigenvalue weighted by molar-refractivity contribution is 6.06. The zero-order valence-corrected chi connectivity index (χ0v) is 19.5. The van der Waals surface area contributed by atoms with E-state index in [0.717, 1.165) is 11.1 Å². The summed E-state index contributed by atoms with van der Waals surface area (Å²) in [5, 5.41) is 11.1. The molecule has 0 atom stereocenters. The van der Waals surface area contributed by atoms with Crippen LogP contribution in [0.5, 0.6) is 5.75 Å². The van der Waals surface area contributed by atoms with Gasteiger partial charge in [-0.25, -0.2) is 5.43 Å². The van der Waals surface area contributed by atoms with E-state index in [9.17, 15) is 9.59 Å². The molecule has 2 amide bonds. The number of anilines is 1. The molecule has 4 aromatic rings. The number of methoxy groups -OCH3 is 1. The summed E-state index contributed by atoms with van der Waals surface area (Å²) in [6.45, 7) is 3.45. The summed E-state index contributed by atoms with van der Waals surface area (Å²) in [6, 6.07) is 23.4. The van der Waals surface area contributed by atoms with E-state index in [2.05, 4.69) is 21.0 Å². The predicted octanol–water partition coefficient (Wildman–Crippen LogP) is 5.06. The molecule has 8 nitrogen and oxygen atoms in total. The average molecular weight is 469 g/mol. The van der Waals surface area contributed by atoms with E-state index in [4.69, 9.17) is 9.26 Å². The lowest BCUT2D eigenvalue weighted by Gasteiger charge is -2.08. The van der Waals surface area contributed by atoms with Gasteiger partial charge in [-0.15, -0.1) is 0 Å². The van der Waals surface area contributed by atoms with Crippen LogP contribution < -0.4 is 15.5 Å². The first kappa shape index (κ1) is 23.4. The molecule has 0 unspecified atom stereocenters. The molecule has 1 heterocycles. The third kappa shape index (κ3) is 5.44. The fourth-order valence-electron chi connectivity index (χ4n) is 3.46. The molecule has 0 fully saturated rings. The van der Waals surface area contributed by atoms with Gasteiger partial charge in [-0.1, -0.05) is 47.6 Å². The number of nitrogens with zero attached hydrogens (tertiary/aromatic N) is 2. The van der Waals surface area contributed by atoms with Crippen LogP contribution in [-0.2, 0) is 0 Å². The maximum absolute atomic E-state index is 12.9. The van der Waals surface area contributed by atoms with Gasteiger partial charge in [0.05, 0.1) is 12.8 Å². The van der Waals surface area contributed by atoms with Gasteiger partial charge in [-0.2, -0.15) is 5.10 Å². The van der Waals surface area contributed by atoms with Gasteiger partial charge in [0.1, 0.15) is 22.8 Å². The normalized spacial score (nSPS) is 11.1. The van der Waals surface area contributed by atoms with Gasteiger partial charge in [0.15, 0.2) is 0 Å². The second kappa shape index (κ2) is 10.5. The van der Waals surface area contributed by atoms with Crippen molar-refractivity contribution in [2.45, 2.75) is 13.8 Å². The van der Waals surface area contributed by atoms with Crippen molar-refractivity contribution in [2.24, 2.45) is 5.10 Å². The number of amides is 2. The molecule has 0 saturated carbocycles. The fourth-order valence-corrected chi connectivity index (χ4v) is 3.46. The highest BCUT2D eigenvalue weighted by Crippen LogP contribution is 2.25. The lowest BCUT2D eigenvalue weighted by Crippen LogP contribution is -2.20. The van der Waals surface area contributed by atoms with Crippen LogP contribution in [0.2, 0.25) is 0 Å². The van der Waals surface area contributed by atoms with Gasteiger partial charge >= 0.3 is 0 Å². The van der Waals surface area contributed by atoms with Crippen molar-refractivity contribution in [3.05, 3.63) is 101 Å². The van der Waals surface area contributed by atoms with Crippen molar-refractivity contribution in [3.8, 4) is 17.0 Å². The SMILES string of the molecule is COc1ccc(C(=O)Nc2cccc(/C(C)=N/NC(=O)c3c(-c4ccccc4)noc3C)c2)cc1. The zero-order valence-electron chi connectivity index (χ0n) is 19.5. The second-order valence-electron chi connectivity index (χ2n) is 7.73. The van der Waals surface area contributed by atoms with Crippen LogP contribution in [0.3, 0.4) is 0 Å². The van der Waals surface area contributed by atoms with Crippen LogP contribution in [0.1, 0.15) is 39.0 Å². The van der Waals surface area contributed by atoms with Crippen molar-refractivity contribution in [1.82, 2.24) is 10.6 Å². The Morgan fingerprint density at radius 2 is 1.66 bits per heavy atom. The van der Waals surface area contributed by atoms with Gasteiger partial charge < -0.3 is 14.6 Å². The van der Waals surface area contributed by atoms with Crippen LogP contribution in [0.25, 0.3) is 11.3 Å². The number of rotatable bonds is 7. The monoisotopic (exact) mass is 468 g/mol. The van der Waals surface area contributed by atoms with Crippen molar-refractivity contribution < 1.29 is 18.8 Å². The number of aromatic nitrogens is 1. The van der Waals surface area contributed by atoms with Crippen molar-refractivity contribution in [1.29, 1.82) is 0 Å². The third-order valence-corrected chi connectivity index (χ3v) is 5.35. The second-order valence-corrected chi connectivity index (χ2v) is 7.73. The number of hydrogen-bond donors (Lipinski definition) is 2. The molecule has 0 aliphatic rings. The molecule has 3 aromatic carbocycles. The van der Waals surface area contributed by atoms with Crippen molar-refractivity contribution in [2.75, 3.05) is 12.4 Å². The minimum absolute atomic E-state index is 0.246. The Hall–Kier alpha value is -4.72. The lowest BCUT2D eigenvalue weighted by atomic mass is 10.1. The van der Waals surface area contributed by atoms with E-state index < -0.39 is 5.91 Å². The molecular formula is C27H24N4O4. The van der Waals surface area contributed by atoms with Crippen LogP contribution in [-0.4, -0.2) is 29.8 Å². The molecule has 35 heavy (non-hydrogen) atoms. The van der Waals surface area contributed by atoms with Gasteiger partial charge in [-0.3, -0.25) is 9.59 Å². The molecule has 0 radical (unpaired) electrons. The molecule has 0 aliphatic carbocycles. The Bertz CT molecular complexity index is 1380. The fraction of sp³-hybridized carbons (Fsp3) is 0.111. The minimum atomic E-state index is -0.425. The molecule has 8 heteroatoms. The smallest absolute Gasteiger partial charge is 0.277 e. The first-order valence-corrected chi connectivity index (χ1v) is 10.9. The maximum Gasteiger partial charge on any atom is 0.277 e. The highest BCUT2D eigenvalue weighted by atomic mass is 16.5. The Morgan fingerprint density at radius 3 is 2.37 bits per heavy atom. The first-order chi connectivity index (χ1) is 17.0. The summed E-state index contributed by atoms with van der Waals surface area (Å²) >= 11 is 0. The molecule has 4 rings (SSSR count). The summed E-state index contributed by atoms with van der Waals surface area (Å²) in [5.41, 5.74) is 6.55. The Balaban J connectivity index is 1.47. The van der Waals surface area contributed by atoms with E-state index >= 15 is 0 Å². The molecule has 176 valence electrons. The number of benzene rings is 3. The molecule has 0 spiro atoms. The summed E-state index contributed by atoms with van der Waals surface area (Å²) in [6.07, 6.45) is 0. The zero-order chi connectivity index (χ0) is 24.8. The van der Waals surface area contributed by atoms with E-state index in [0.29, 0.717) is 39.7 Å². The Morgan fingerprint density at radius 1 is 0.914 bits per heavy atom. The Kier molecular flexibility index (Phi) is 7.02. The number of aryl methyl sites for hydroxylation is 1. The standard InChI is InChI=1S/C27H24N4O4/c1-17(29-30-27(33)24-18(2)35-31-25(24)19-8-5-4-6-9-19)21-10-7-11-22(16-21)28-26(32)20-12-14-23(34-3)15-13-20/h4-16H,1-3H3,(H,28,32)(H,30,33)/b29-17+. The van der Waals surface area contributed by atoms with Crippen LogP contribution >= 0.6 is 0 Å². The number of carbonyl (C=O) groups is 2. The molecule has 0 saturated heterocycles. The lowest BCUT2D eigenvalue weighted by molar-refractivity contribution is 0.0953. The number of nitrogens with one attached hydrogen (secondary N) is 2. The molecule has 1 aromatic heterocycles. The summed E-state index contributed by atoms with van der Waals surface area (Å²) in [5.74, 6) is 0.405. The van der Waals surface area contributed by atoms with Crippen molar-refractivity contribution >= 4 is 23.2 Å². The third-order valence-electron chi connectivity index (χ3n) is 5.35. The van der Waals surface area contributed by atoms with Gasteiger partial charge in [0, 0.05) is 16.8 Å². The van der Waals surface area contributed by atoms with E-state index in [1.165, 1.54) is 0 Å². The molecular weight excluding hydrogens is 444 g/mol. The Labute approximate surface area is 202 Å². The van der Waals surface area contributed by atoms with Gasteiger partial charge in [0.2, 0.25) is 0 Å². The number of ether oxygens (including phenoxy) is 1. The van der Waals surface area contributed by atoms with E-state index in [1.54, 1.807) is 63.4 Å². The molecule has 0 bridgehead atoms. The largest absolute Gasteiger partial charge is 0.497 e. The minimum Gasteiger partial charge on any atom is -0.497 e. The van der Waals surface area contributed by atoms with E-state index in [-0.39, 0.29) is 5.91 Å². The van der Waals surface area contributed by atoms with Crippen LogP contribution in [0.4, 0.5) is 5.69 Å². The van der Waals surface area contributed by atoms with Crippen molar-refractivity contribution in [3.63, 3.8) is 0 Å². The van der Waals surface area contributed by atoms with Crippen LogP contribution in [0.15, 0.2) is 88.5 Å². The van der Waals surface area contributed by atoms with Gasteiger partial charge in [0.25, 0.3) is 11.8 Å². The topological polar surface area (TPSA) is 106 Å². The summed E-state index contributed by atoms with van der Waals surface area (Å²) < 4.78 is 10.4. The summed E-state index contributed by atoms with van der Waals surface area (Å²) in [7, 11) is 1.57. The van der Waals surface area contributed by atoms with Gasteiger partial charge in [-0.05, 0) is 55.8 Å². The quantitative estimate of drug-likeness (QED) is 0.291. The number of carbonyl (C=O) groups excluding carboxylic acids is 2. The highest BCUT2D eigenvalue weighted by Gasteiger charge is 2.21.